The Morgan fingerprint density at radius 2 is 2.00 bits per heavy atom. The zero-order chi connectivity index (χ0) is 14.8. The van der Waals surface area contributed by atoms with Gasteiger partial charge in [0.1, 0.15) is 5.82 Å². The van der Waals surface area contributed by atoms with Crippen LogP contribution in [0.25, 0.3) is 11.0 Å². The first kappa shape index (κ1) is 13.5. The molecule has 0 spiro atoms. The van der Waals surface area contributed by atoms with Crippen LogP contribution >= 0.6 is 0 Å². The van der Waals surface area contributed by atoms with E-state index >= 15 is 0 Å². The zero-order valence-corrected chi connectivity index (χ0v) is 12.6. The van der Waals surface area contributed by atoms with Crippen LogP contribution in [-0.4, -0.2) is 26.4 Å². The van der Waals surface area contributed by atoms with E-state index in [-0.39, 0.29) is 0 Å². The van der Waals surface area contributed by atoms with Gasteiger partial charge in [0.05, 0.1) is 29.3 Å². The Hall–Kier alpha value is -2.20. The van der Waals surface area contributed by atoms with E-state index in [0.717, 1.165) is 29.9 Å². The molecule has 22 heavy (non-hydrogen) atoms. The fourth-order valence-electron chi connectivity index (χ4n) is 3.36. The van der Waals surface area contributed by atoms with Crippen molar-refractivity contribution in [3.05, 3.63) is 60.2 Å². The Balaban J connectivity index is 1.59. The number of para-hydroxylation sites is 2. The molecular formula is C18H20N4. The van der Waals surface area contributed by atoms with Crippen molar-refractivity contribution in [2.24, 2.45) is 0 Å². The SMILES string of the molecule is c1ccc([C@H]2CCCCN2Cc2nc3ccccc3[nH]2)nc1. The van der Waals surface area contributed by atoms with Gasteiger partial charge in [-0.3, -0.25) is 9.88 Å². The van der Waals surface area contributed by atoms with Crippen molar-refractivity contribution in [1.82, 2.24) is 19.9 Å². The number of rotatable bonds is 3. The third-order valence-corrected chi connectivity index (χ3v) is 4.43. The molecule has 0 amide bonds. The molecule has 1 atom stereocenters. The Morgan fingerprint density at radius 3 is 2.86 bits per heavy atom. The molecule has 1 aliphatic heterocycles. The molecule has 4 heteroatoms. The lowest BCUT2D eigenvalue weighted by atomic mass is 9.99. The summed E-state index contributed by atoms with van der Waals surface area (Å²) in [5.74, 6) is 1.05. The third kappa shape index (κ3) is 2.62. The van der Waals surface area contributed by atoms with Gasteiger partial charge in [-0.2, -0.15) is 0 Å². The third-order valence-electron chi connectivity index (χ3n) is 4.43. The number of fused-ring (bicyclic) bond motifs is 1. The molecule has 112 valence electrons. The molecule has 1 aromatic carbocycles. The highest BCUT2D eigenvalue weighted by molar-refractivity contribution is 5.74. The van der Waals surface area contributed by atoms with Crippen LogP contribution in [0.3, 0.4) is 0 Å². The van der Waals surface area contributed by atoms with E-state index in [2.05, 4.69) is 39.1 Å². The van der Waals surface area contributed by atoms with E-state index in [1.54, 1.807) is 0 Å². The van der Waals surface area contributed by atoms with Crippen LogP contribution in [0.15, 0.2) is 48.7 Å². The number of nitrogens with one attached hydrogen (secondary N) is 1. The van der Waals surface area contributed by atoms with Crippen LogP contribution in [0.2, 0.25) is 0 Å². The van der Waals surface area contributed by atoms with Gasteiger partial charge in [-0.15, -0.1) is 0 Å². The number of piperidine rings is 1. The van der Waals surface area contributed by atoms with Crippen LogP contribution in [0, 0.1) is 0 Å². The number of H-pyrrole nitrogens is 1. The molecule has 1 fully saturated rings. The topological polar surface area (TPSA) is 44.8 Å². The van der Waals surface area contributed by atoms with Crippen molar-refractivity contribution in [1.29, 1.82) is 0 Å². The van der Waals surface area contributed by atoms with Crippen molar-refractivity contribution in [3.8, 4) is 0 Å². The lowest BCUT2D eigenvalue weighted by Crippen LogP contribution is -2.33. The van der Waals surface area contributed by atoms with E-state index in [1.165, 1.54) is 25.0 Å². The predicted molar refractivity (Wildman–Crippen MR) is 87.3 cm³/mol. The van der Waals surface area contributed by atoms with Gasteiger partial charge < -0.3 is 4.98 Å². The number of pyridine rings is 1. The maximum Gasteiger partial charge on any atom is 0.121 e. The fraction of sp³-hybridized carbons (Fsp3) is 0.333. The minimum atomic E-state index is 0.406. The second-order valence-corrected chi connectivity index (χ2v) is 5.94. The van der Waals surface area contributed by atoms with E-state index in [4.69, 9.17) is 4.98 Å². The highest BCUT2D eigenvalue weighted by Gasteiger charge is 2.25. The van der Waals surface area contributed by atoms with Gasteiger partial charge in [-0.1, -0.05) is 24.6 Å². The molecule has 0 aliphatic carbocycles. The van der Waals surface area contributed by atoms with E-state index in [0.29, 0.717) is 6.04 Å². The van der Waals surface area contributed by atoms with E-state index in [1.807, 2.05) is 24.4 Å². The van der Waals surface area contributed by atoms with Crippen LogP contribution in [-0.2, 0) is 6.54 Å². The van der Waals surface area contributed by atoms with Crippen molar-refractivity contribution in [2.75, 3.05) is 6.54 Å². The lowest BCUT2D eigenvalue weighted by Gasteiger charge is -2.34. The van der Waals surface area contributed by atoms with Gasteiger partial charge in [-0.05, 0) is 43.7 Å². The average Bonchev–Trinajstić information content (AvgIpc) is 2.98. The summed E-state index contributed by atoms with van der Waals surface area (Å²) in [4.78, 5) is 15.2. The van der Waals surface area contributed by atoms with Gasteiger partial charge in [0, 0.05) is 6.20 Å². The van der Waals surface area contributed by atoms with Gasteiger partial charge in [0.25, 0.3) is 0 Å². The molecule has 1 saturated heterocycles. The molecular weight excluding hydrogens is 272 g/mol. The molecule has 3 heterocycles. The van der Waals surface area contributed by atoms with Gasteiger partial charge in [0.15, 0.2) is 0 Å². The second kappa shape index (κ2) is 5.89. The Morgan fingerprint density at radius 1 is 1.09 bits per heavy atom. The van der Waals surface area contributed by atoms with Crippen LogP contribution in [0.4, 0.5) is 0 Å². The minimum absolute atomic E-state index is 0.406. The second-order valence-electron chi connectivity index (χ2n) is 5.94. The monoisotopic (exact) mass is 292 g/mol. The first-order valence-electron chi connectivity index (χ1n) is 7.99. The summed E-state index contributed by atoms with van der Waals surface area (Å²) in [7, 11) is 0. The number of imidazole rings is 1. The molecule has 0 radical (unpaired) electrons. The van der Waals surface area contributed by atoms with Crippen molar-refractivity contribution < 1.29 is 0 Å². The van der Waals surface area contributed by atoms with Gasteiger partial charge in [0.2, 0.25) is 0 Å². The summed E-state index contributed by atoms with van der Waals surface area (Å²) in [5, 5.41) is 0. The van der Waals surface area contributed by atoms with Crippen molar-refractivity contribution >= 4 is 11.0 Å². The number of aromatic amines is 1. The van der Waals surface area contributed by atoms with Gasteiger partial charge >= 0.3 is 0 Å². The fourth-order valence-corrected chi connectivity index (χ4v) is 3.36. The maximum atomic E-state index is 4.72. The summed E-state index contributed by atoms with van der Waals surface area (Å²) in [6.07, 6.45) is 5.60. The molecule has 3 aromatic rings. The average molecular weight is 292 g/mol. The Labute approximate surface area is 130 Å². The number of hydrogen-bond donors (Lipinski definition) is 1. The highest BCUT2D eigenvalue weighted by Crippen LogP contribution is 2.30. The summed E-state index contributed by atoms with van der Waals surface area (Å²) in [6, 6.07) is 14.8. The van der Waals surface area contributed by atoms with Crippen molar-refractivity contribution in [3.63, 3.8) is 0 Å². The van der Waals surface area contributed by atoms with E-state index in [9.17, 15) is 0 Å². The standard InChI is InChI=1S/C18H20N4/c1-2-8-15-14(7-1)20-18(21-15)13-22-12-6-4-10-17(22)16-9-3-5-11-19-16/h1-3,5,7-9,11,17H,4,6,10,12-13H2,(H,20,21)/t17-/m1/s1. The molecule has 1 N–H and O–H groups in total. The molecule has 4 rings (SSSR count). The predicted octanol–water partition coefficient (Wildman–Crippen LogP) is 3.69. The summed E-state index contributed by atoms with van der Waals surface area (Å²) in [6.45, 7) is 1.97. The molecule has 1 aliphatic rings. The summed E-state index contributed by atoms with van der Waals surface area (Å²) in [5.41, 5.74) is 3.34. The number of nitrogens with zero attached hydrogens (tertiary/aromatic N) is 3. The number of aromatic nitrogens is 3. The lowest BCUT2D eigenvalue weighted by molar-refractivity contribution is 0.134. The molecule has 0 bridgehead atoms. The first-order chi connectivity index (χ1) is 10.9. The number of likely N-dealkylation sites (tertiary alicyclic amines) is 1. The maximum absolute atomic E-state index is 4.72. The van der Waals surface area contributed by atoms with Crippen molar-refractivity contribution in [2.45, 2.75) is 31.8 Å². The highest BCUT2D eigenvalue weighted by atomic mass is 15.2. The molecule has 2 aromatic heterocycles. The zero-order valence-electron chi connectivity index (χ0n) is 12.6. The largest absolute Gasteiger partial charge is 0.341 e. The molecule has 0 unspecified atom stereocenters. The summed E-state index contributed by atoms with van der Waals surface area (Å²) >= 11 is 0. The smallest absolute Gasteiger partial charge is 0.121 e. The van der Waals surface area contributed by atoms with Crippen LogP contribution in [0.1, 0.15) is 36.8 Å². The number of benzene rings is 1. The van der Waals surface area contributed by atoms with Crippen LogP contribution in [0.5, 0.6) is 0 Å². The van der Waals surface area contributed by atoms with Gasteiger partial charge in [-0.25, -0.2) is 4.98 Å². The molecule has 4 nitrogen and oxygen atoms in total. The quantitative estimate of drug-likeness (QED) is 0.801. The van der Waals surface area contributed by atoms with Crippen LogP contribution < -0.4 is 0 Å². The first-order valence-corrected chi connectivity index (χ1v) is 7.99. The molecule has 0 saturated carbocycles. The van der Waals surface area contributed by atoms with E-state index < -0.39 is 0 Å². The summed E-state index contributed by atoms with van der Waals surface area (Å²) < 4.78 is 0. The normalized spacial score (nSPS) is 19.5. The Bertz CT molecular complexity index is 717. The number of hydrogen-bond acceptors (Lipinski definition) is 3. The Kier molecular flexibility index (Phi) is 3.60. The minimum Gasteiger partial charge on any atom is -0.341 e.